The molecule has 1 aliphatic carbocycles. The molecule has 2 N–H and O–H groups in total. The molecule has 0 spiro atoms. The van der Waals surface area contributed by atoms with E-state index in [1.165, 1.54) is 20.3 Å². The van der Waals surface area contributed by atoms with Crippen LogP contribution in [-0.2, 0) is 15.1 Å². The van der Waals surface area contributed by atoms with Gasteiger partial charge in [0.25, 0.3) is 0 Å². The molecule has 1 heterocycles. The zero-order valence-electron chi connectivity index (χ0n) is 19.3. The molecule has 2 aromatic rings. The summed E-state index contributed by atoms with van der Waals surface area (Å²) in [4.78, 5) is 26.9. The highest BCUT2D eigenvalue weighted by atomic mass is 35.5. The average molecular weight is 487 g/mol. The van der Waals surface area contributed by atoms with Crippen molar-refractivity contribution in [2.75, 3.05) is 20.8 Å². The first-order valence-corrected chi connectivity index (χ1v) is 11.5. The van der Waals surface area contributed by atoms with Crippen molar-refractivity contribution in [3.63, 3.8) is 0 Å². The van der Waals surface area contributed by atoms with Crippen LogP contribution in [-0.4, -0.2) is 42.6 Å². The van der Waals surface area contributed by atoms with Crippen LogP contribution < -0.4 is 9.47 Å². The van der Waals surface area contributed by atoms with Crippen LogP contribution in [0.4, 0.5) is 0 Å². The van der Waals surface area contributed by atoms with Crippen LogP contribution in [0.3, 0.4) is 0 Å². The Bertz CT molecular complexity index is 1160. The normalized spacial score (nSPS) is 24.0. The number of halogens is 1. The number of allylic oxidation sites excluding steroid dienone is 2. The summed E-state index contributed by atoms with van der Waals surface area (Å²) in [6.45, 7) is 1.63. The lowest BCUT2D eigenvalue weighted by molar-refractivity contribution is -0.123. The Kier molecular flexibility index (Phi) is 6.60. The second-order valence-electron chi connectivity index (χ2n) is 8.69. The number of hydrogen-bond donors (Lipinski definition) is 2. The molecule has 4 rings (SSSR count). The van der Waals surface area contributed by atoms with Crippen molar-refractivity contribution in [3.05, 3.63) is 63.9 Å². The van der Waals surface area contributed by atoms with E-state index in [1.807, 2.05) is 30.3 Å². The second-order valence-corrected chi connectivity index (χ2v) is 9.07. The first-order valence-electron chi connectivity index (χ1n) is 11.1. The summed E-state index contributed by atoms with van der Waals surface area (Å²) in [5, 5.41) is 20.5. The van der Waals surface area contributed by atoms with Gasteiger partial charge in [-0.1, -0.05) is 48.9 Å². The van der Waals surface area contributed by atoms with E-state index in [0.29, 0.717) is 17.8 Å². The van der Waals surface area contributed by atoms with Gasteiger partial charge >= 0.3 is 0 Å². The fraction of sp³-hybridized carbons (Fsp3) is 0.385. The molecule has 1 saturated heterocycles. The third-order valence-corrected chi connectivity index (χ3v) is 7.07. The zero-order chi connectivity index (χ0) is 24.6. The molecular formula is C26H27ClO7. The zero-order valence-corrected chi connectivity index (χ0v) is 20.0. The topological polar surface area (TPSA) is 102 Å². The maximum atomic E-state index is 13.9. The van der Waals surface area contributed by atoms with Crippen molar-refractivity contribution >= 4 is 23.2 Å². The molecule has 34 heavy (non-hydrogen) atoms. The second kappa shape index (κ2) is 9.31. The van der Waals surface area contributed by atoms with Crippen LogP contribution in [0.5, 0.6) is 17.2 Å². The standard InChI is InChI=1S/C26H27ClO7/c1-14-11-17(29)16-13-26(9-10-28,15-7-5-4-6-8-15)34-25(16)20(14)23(30)21-18(32-2)12-19(33-3)22(27)24(21)31/h4-8,12,14,16,28,31H,9-11,13H2,1-3H3. The number of carbonyl (C=O) groups is 2. The minimum Gasteiger partial charge on any atom is -0.505 e. The van der Waals surface area contributed by atoms with Crippen LogP contribution in [0.2, 0.25) is 5.02 Å². The van der Waals surface area contributed by atoms with Crippen molar-refractivity contribution in [1.29, 1.82) is 0 Å². The van der Waals surface area contributed by atoms with E-state index in [1.54, 1.807) is 6.92 Å². The van der Waals surface area contributed by atoms with Crippen molar-refractivity contribution < 1.29 is 34.0 Å². The average Bonchev–Trinajstić information content (AvgIpc) is 3.22. The van der Waals surface area contributed by atoms with Crippen LogP contribution in [0.1, 0.15) is 42.1 Å². The van der Waals surface area contributed by atoms with E-state index in [0.717, 1.165) is 5.56 Å². The number of rotatable bonds is 7. The highest BCUT2D eigenvalue weighted by molar-refractivity contribution is 6.34. The Balaban J connectivity index is 1.89. The summed E-state index contributed by atoms with van der Waals surface area (Å²) in [5.74, 6) is -1.51. The monoisotopic (exact) mass is 486 g/mol. The van der Waals surface area contributed by atoms with Gasteiger partial charge in [0.2, 0.25) is 0 Å². The first kappa shape index (κ1) is 24.1. The number of ketones is 2. The van der Waals surface area contributed by atoms with Crippen LogP contribution >= 0.6 is 11.6 Å². The molecule has 8 heteroatoms. The molecule has 3 unspecified atom stereocenters. The maximum absolute atomic E-state index is 13.9. The van der Waals surface area contributed by atoms with E-state index >= 15 is 0 Å². The van der Waals surface area contributed by atoms with Crippen molar-refractivity contribution in [1.82, 2.24) is 0 Å². The molecule has 0 saturated carbocycles. The number of phenolic OH excluding ortho intramolecular Hbond substituents is 1. The number of methoxy groups -OCH3 is 2. The van der Waals surface area contributed by atoms with Crippen molar-refractivity contribution in [2.45, 2.75) is 31.8 Å². The number of benzene rings is 2. The summed E-state index contributed by atoms with van der Waals surface area (Å²) in [5.41, 5.74) is 0.0744. The fourth-order valence-electron chi connectivity index (χ4n) is 5.03. The molecule has 0 aromatic heterocycles. The van der Waals surface area contributed by atoms with E-state index in [2.05, 4.69) is 0 Å². The Morgan fingerprint density at radius 1 is 1.21 bits per heavy atom. The quantitative estimate of drug-likeness (QED) is 0.558. The predicted molar refractivity (Wildman–Crippen MR) is 125 cm³/mol. The smallest absolute Gasteiger partial charge is 0.200 e. The number of hydrogen-bond acceptors (Lipinski definition) is 7. The molecule has 7 nitrogen and oxygen atoms in total. The Morgan fingerprint density at radius 2 is 1.88 bits per heavy atom. The van der Waals surface area contributed by atoms with E-state index in [4.69, 9.17) is 25.8 Å². The minimum atomic E-state index is -0.940. The number of phenols is 1. The largest absolute Gasteiger partial charge is 0.505 e. The third kappa shape index (κ3) is 3.83. The van der Waals surface area contributed by atoms with Crippen molar-refractivity contribution in [3.8, 4) is 17.2 Å². The van der Waals surface area contributed by atoms with Gasteiger partial charge in [-0.05, 0) is 11.5 Å². The van der Waals surface area contributed by atoms with Gasteiger partial charge in [-0.15, -0.1) is 0 Å². The Morgan fingerprint density at radius 3 is 2.50 bits per heavy atom. The molecule has 0 amide bonds. The van der Waals surface area contributed by atoms with Crippen LogP contribution in [0, 0.1) is 11.8 Å². The molecule has 0 radical (unpaired) electrons. The molecule has 2 aliphatic rings. The molecule has 1 aliphatic heterocycles. The van der Waals surface area contributed by atoms with Gasteiger partial charge in [0.1, 0.15) is 39.2 Å². The van der Waals surface area contributed by atoms with Gasteiger partial charge in [0.05, 0.1) is 20.1 Å². The van der Waals surface area contributed by atoms with E-state index in [-0.39, 0.29) is 47.3 Å². The van der Waals surface area contributed by atoms with Crippen LogP contribution in [0.25, 0.3) is 0 Å². The number of Topliss-reactive ketones (excluding diaryl/α,β-unsaturated/α-hetero) is 2. The highest BCUT2D eigenvalue weighted by Gasteiger charge is 2.52. The van der Waals surface area contributed by atoms with Gasteiger partial charge < -0.3 is 24.4 Å². The van der Waals surface area contributed by atoms with Gasteiger partial charge in [-0.3, -0.25) is 9.59 Å². The third-order valence-electron chi connectivity index (χ3n) is 6.71. The van der Waals surface area contributed by atoms with Gasteiger partial charge in [-0.25, -0.2) is 0 Å². The van der Waals surface area contributed by atoms with E-state index < -0.39 is 29.0 Å². The van der Waals surface area contributed by atoms with Crippen LogP contribution in [0.15, 0.2) is 47.7 Å². The lowest BCUT2D eigenvalue weighted by atomic mass is 9.75. The Labute approximate surface area is 202 Å². The number of carbonyl (C=O) groups excluding carboxylic acids is 2. The van der Waals surface area contributed by atoms with Crippen molar-refractivity contribution in [2.24, 2.45) is 11.8 Å². The minimum absolute atomic E-state index is 0.0150. The predicted octanol–water partition coefficient (Wildman–Crippen LogP) is 4.42. The lowest BCUT2D eigenvalue weighted by Gasteiger charge is -2.29. The maximum Gasteiger partial charge on any atom is 0.200 e. The SMILES string of the molecule is COc1cc(OC)c(C(=O)C2=C3OC(CCO)(c4ccccc4)CC3C(=O)CC2C)c(O)c1Cl. The number of ether oxygens (including phenoxy) is 3. The summed E-state index contributed by atoms with van der Waals surface area (Å²) in [6, 6.07) is 10.8. The molecule has 1 fully saturated rings. The number of aromatic hydroxyl groups is 1. The van der Waals surface area contributed by atoms with Gasteiger partial charge in [-0.2, -0.15) is 0 Å². The van der Waals surface area contributed by atoms with Gasteiger partial charge in [0, 0.05) is 37.5 Å². The summed E-state index contributed by atoms with van der Waals surface area (Å²) in [7, 11) is 2.77. The summed E-state index contributed by atoms with van der Waals surface area (Å²) in [6.07, 6.45) is 0.750. The first-order chi connectivity index (χ1) is 16.3. The fourth-order valence-corrected chi connectivity index (χ4v) is 5.26. The van der Waals surface area contributed by atoms with E-state index in [9.17, 15) is 19.8 Å². The molecule has 2 aromatic carbocycles. The summed E-state index contributed by atoms with van der Waals surface area (Å²) < 4.78 is 17.0. The summed E-state index contributed by atoms with van der Waals surface area (Å²) >= 11 is 6.24. The molecule has 180 valence electrons. The molecular weight excluding hydrogens is 460 g/mol. The number of fused-ring (bicyclic) bond motifs is 1. The van der Waals surface area contributed by atoms with Gasteiger partial charge in [0.15, 0.2) is 11.5 Å². The molecule has 0 bridgehead atoms. The Hall–Kier alpha value is -3.03. The number of aliphatic hydroxyl groups is 1. The highest BCUT2D eigenvalue weighted by Crippen LogP contribution is 2.53. The molecule has 3 atom stereocenters. The lowest BCUT2D eigenvalue weighted by Crippen LogP contribution is -2.28. The number of aliphatic hydroxyl groups excluding tert-OH is 1.